The Kier molecular flexibility index (Phi) is 5.30. The Bertz CT molecular complexity index is 205. The molecule has 1 aliphatic carbocycles. The van der Waals surface area contributed by atoms with E-state index in [-0.39, 0.29) is 0 Å². The SMILES string of the molecule is CCC1CCC(C(N)CCC2CCCO2)CC1. The zero-order valence-corrected chi connectivity index (χ0v) is 11.4. The summed E-state index contributed by atoms with van der Waals surface area (Å²) in [7, 11) is 0. The molecule has 0 aromatic rings. The molecule has 2 N–H and O–H groups in total. The van der Waals surface area contributed by atoms with Crippen LogP contribution >= 0.6 is 0 Å². The smallest absolute Gasteiger partial charge is 0.0576 e. The fraction of sp³-hybridized carbons (Fsp3) is 1.00. The number of ether oxygens (including phenoxy) is 1. The second-order valence-corrected chi connectivity index (χ2v) is 6.07. The van der Waals surface area contributed by atoms with Crippen molar-refractivity contribution in [2.45, 2.75) is 76.9 Å². The molecule has 0 radical (unpaired) electrons. The lowest BCUT2D eigenvalue weighted by Gasteiger charge is -2.32. The molecule has 100 valence electrons. The van der Waals surface area contributed by atoms with Crippen molar-refractivity contribution in [3.05, 3.63) is 0 Å². The average molecular weight is 239 g/mol. The molecule has 1 saturated heterocycles. The van der Waals surface area contributed by atoms with Crippen LogP contribution in [0.2, 0.25) is 0 Å². The number of hydrogen-bond donors (Lipinski definition) is 1. The Morgan fingerprint density at radius 2 is 1.94 bits per heavy atom. The summed E-state index contributed by atoms with van der Waals surface area (Å²) < 4.78 is 5.67. The van der Waals surface area contributed by atoms with Gasteiger partial charge in [-0.05, 0) is 50.4 Å². The first-order valence-electron chi connectivity index (χ1n) is 7.66. The first-order valence-corrected chi connectivity index (χ1v) is 7.66. The lowest BCUT2D eigenvalue weighted by Crippen LogP contribution is -2.33. The largest absolute Gasteiger partial charge is 0.378 e. The van der Waals surface area contributed by atoms with Gasteiger partial charge < -0.3 is 10.5 Å². The summed E-state index contributed by atoms with van der Waals surface area (Å²) in [6.45, 7) is 3.30. The summed E-state index contributed by atoms with van der Waals surface area (Å²) in [5.41, 5.74) is 6.36. The van der Waals surface area contributed by atoms with Crippen molar-refractivity contribution in [1.29, 1.82) is 0 Å². The molecule has 0 amide bonds. The van der Waals surface area contributed by atoms with Crippen LogP contribution < -0.4 is 5.73 Å². The first-order chi connectivity index (χ1) is 8.29. The van der Waals surface area contributed by atoms with Crippen molar-refractivity contribution in [3.8, 4) is 0 Å². The van der Waals surface area contributed by atoms with Crippen molar-refractivity contribution < 1.29 is 4.74 Å². The highest BCUT2D eigenvalue weighted by molar-refractivity contribution is 4.80. The van der Waals surface area contributed by atoms with E-state index in [1.165, 1.54) is 57.8 Å². The van der Waals surface area contributed by atoms with Gasteiger partial charge in [0.05, 0.1) is 6.10 Å². The molecule has 2 atom stereocenters. The van der Waals surface area contributed by atoms with E-state index in [9.17, 15) is 0 Å². The summed E-state index contributed by atoms with van der Waals surface area (Å²) in [5, 5.41) is 0. The second kappa shape index (κ2) is 6.75. The minimum Gasteiger partial charge on any atom is -0.378 e. The van der Waals surface area contributed by atoms with Gasteiger partial charge >= 0.3 is 0 Å². The molecule has 0 spiro atoms. The fourth-order valence-electron chi connectivity index (χ4n) is 3.51. The predicted octanol–water partition coefficient (Wildman–Crippen LogP) is 3.49. The van der Waals surface area contributed by atoms with Gasteiger partial charge in [-0.25, -0.2) is 0 Å². The van der Waals surface area contributed by atoms with Gasteiger partial charge in [0.25, 0.3) is 0 Å². The third-order valence-electron chi connectivity index (χ3n) is 4.92. The van der Waals surface area contributed by atoms with E-state index in [4.69, 9.17) is 10.5 Å². The van der Waals surface area contributed by atoms with Gasteiger partial charge in [-0.2, -0.15) is 0 Å². The van der Waals surface area contributed by atoms with Crippen molar-refractivity contribution in [1.82, 2.24) is 0 Å². The van der Waals surface area contributed by atoms with Crippen molar-refractivity contribution >= 4 is 0 Å². The molecule has 2 aliphatic rings. The van der Waals surface area contributed by atoms with Gasteiger partial charge in [0, 0.05) is 12.6 Å². The third kappa shape index (κ3) is 3.96. The average Bonchev–Trinajstić information content (AvgIpc) is 2.89. The maximum atomic E-state index is 6.36. The van der Waals surface area contributed by atoms with E-state index in [1.54, 1.807) is 0 Å². The second-order valence-electron chi connectivity index (χ2n) is 6.07. The standard InChI is InChI=1S/C15H29NO/c1-2-12-5-7-13(8-6-12)15(16)10-9-14-4-3-11-17-14/h12-15H,2-11,16H2,1H3. The van der Waals surface area contributed by atoms with E-state index in [2.05, 4.69) is 6.92 Å². The summed E-state index contributed by atoms with van der Waals surface area (Å²) in [5.74, 6) is 1.77. The highest BCUT2D eigenvalue weighted by Gasteiger charge is 2.25. The lowest BCUT2D eigenvalue weighted by molar-refractivity contribution is 0.0970. The van der Waals surface area contributed by atoms with Crippen LogP contribution in [0.4, 0.5) is 0 Å². The zero-order chi connectivity index (χ0) is 12.1. The maximum Gasteiger partial charge on any atom is 0.0576 e. The van der Waals surface area contributed by atoms with E-state index in [1.807, 2.05) is 0 Å². The Balaban J connectivity index is 1.64. The van der Waals surface area contributed by atoms with Crippen LogP contribution in [0.1, 0.15) is 64.7 Å². The minimum absolute atomic E-state index is 0.428. The normalized spacial score (nSPS) is 36.0. The van der Waals surface area contributed by atoms with Crippen molar-refractivity contribution in [3.63, 3.8) is 0 Å². The van der Waals surface area contributed by atoms with E-state index in [0.717, 1.165) is 18.4 Å². The van der Waals surface area contributed by atoms with E-state index in [0.29, 0.717) is 12.1 Å². The lowest BCUT2D eigenvalue weighted by atomic mass is 9.77. The van der Waals surface area contributed by atoms with Gasteiger partial charge in [0.2, 0.25) is 0 Å². The third-order valence-corrected chi connectivity index (χ3v) is 4.92. The molecule has 2 heteroatoms. The first kappa shape index (κ1) is 13.4. The van der Waals surface area contributed by atoms with Gasteiger partial charge in [-0.15, -0.1) is 0 Å². The highest BCUT2D eigenvalue weighted by atomic mass is 16.5. The van der Waals surface area contributed by atoms with Crippen LogP contribution in [-0.4, -0.2) is 18.8 Å². The molecule has 2 nitrogen and oxygen atoms in total. The maximum absolute atomic E-state index is 6.36. The molecular weight excluding hydrogens is 210 g/mol. The Morgan fingerprint density at radius 3 is 2.53 bits per heavy atom. The Labute approximate surface area is 106 Å². The fourth-order valence-corrected chi connectivity index (χ4v) is 3.51. The van der Waals surface area contributed by atoms with Gasteiger partial charge in [0.15, 0.2) is 0 Å². The molecule has 2 rings (SSSR count). The molecular formula is C15H29NO. The number of hydrogen-bond acceptors (Lipinski definition) is 2. The number of rotatable bonds is 5. The monoisotopic (exact) mass is 239 g/mol. The Hall–Kier alpha value is -0.0800. The molecule has 17 heavy (non-hydrogen) atoms. The van der Waals surface area contributed by atoms with Crippen LogP contribution in [0.5, 0.6) is 0 Å². The summed E-state index contributed by atoms with van der Waals surface area (Å²) >= 11 is 0. The molecule has 0 bridgehead atoms. The van der Waals surface area contributed by atoms with Gasteiger partial charge in [-0.3, -0.25) is 0 Å². The molecule has 1 saturated carbocycles. The molecule has 1 heterocycles. The van der Waals surface area contributed by atoms with Crippen molar-refractivity contribution in [2.24, 2.45) is 17.6 Å². The van der Waals surface area contributed by atoms with Crippen molar-refractivity contribution in [2.75, 3.05) is 6.61 Å². The van der Waals surface area contributed by atoms with Crippen LogP contribution in [0.25, 0.3) is 0 Å². The molecule has 2 unspecified atom stereocenters. The van der Waals surface area contributed by atoms with Gasteiger partial charge in [-0.1, -0.05) is 26.2 Å². The summed E-state index contributed by atoms with van der Waals surface area (Å²) in [6.07, 6.45) is 12.3. The topological polar surface area (TPSA) is 35.2 Å². The molecule has 2 fully saturated rings. The number of nitrogens with two attached hydrogens (primary N) is 1. The minimum atomic E-state index is 0.428. The van der Waals surface area contributed by atoms with Crippen LogP contribution in [0.3, 0.4) is 0 Å². The van der Waals surface area contributed by atoms with Gasteiger partial charge in [0.1, 0.15) is 0 Å². The summed E-state index contributed by atoms with van der Waals surface area (Å²) in [4.78, 5) is 0. The Morgan fingerprint density at radius 1 is 1.18 bits per heavy atom. The molecule has 1 aliphatic heterocycles. The highest BCUT2D eigenvalue weighted by Crippen LogP contribution is 2.33. The summed E-state index contributed by atoms with van der Waals surface area (Å²) in [6, 6.07) is 0.428. The molecule has 0 aromatic carbocycles. The van der Waals surface area contributed by atoms with E-state index >= 15 is 0 Å². The quantitative estimate of drug-likeness (QED) is 0.797. The molecule has 0 aromatic heterocycles. The van der Waals surface area contributed by atoms with Crippen LogP contribution in [0.15, 0.2) is 0 Å². The van der Waals surface area contributed by atoms with Crippen LogP contribution in [0, 0.1) is 11.8 Å². The van der Waals surface area contributed by atoms with Crippen LogP contribution in [-0.2, 0) is 4.74 Å². The predicted molar refractivity (Wildman–Crippen MR) is 71.9 cm³/mol. The zero-order valence-electron chi connectivity index (χ0n) is 11.4. The van der Waals surface area contributed by atoms with E-state index < -0.39 is 0 Å².